The molecule has 2 aromatic carbocycles. The summed E-state index contributed by atoms with van der Waals surface area (Å²) in [6.45, 7) is 0.320. The second-order valence-corrected chi connectivity index (χ2v) is 7.19. The number of anilines is 1. The molecule has 0 bridgehead atoms. The highest BCUT2D eigenvalue weighted by Gasteiger charge is 2.37. The molecule has 30 heavy (non-hydrogen) atoms. The van der Waals surface area contributed by atoms with Crippen LogP contribution in [0.2, 0.25) is 0 Å². The number of amides is 4. The number of hydrogen-bond donors (Lipinski definition) is 2. The minimum Gasteiger partial charge on any atom is -0.326 e. The fourth-order valence-electron chi connectivity index (χ4n) is 3.57. The van der Waals surface area contributed by atoms with Crippen molar-refractivity contribution in [3.8, 4) is 0 Å². The summed E-state index contributed by atoms with van der Waals surface area (Å²) in [7, 11) is 0. The van der Waals surface area contributed by atoms with Crippen LogP contribution in [0.4, 0.5) is 10.5 Å². The van der Waals surface area contributed by atoms with E-state index in [0.717, 1.165) is 16.5 Å². The van der Waals surface area contributed by atoms with Gasteiger partial charge in [0.2, 0.25) is 5.91 Å². The van der Waals surface area contributed by atoms with Crippen LogP contribution in [-0.2, 0) is 16.0 Å². The molecular formula is C23H22N4O3. The summed E-state index contributed by atoms with van der Waals surface area (Å²) in [4.78, 5) is 42.7. The van der Waals surface area contributed by atoms with E-state index in [4.69, 9.17) is 0 Å². The van der Waals surface area contributed by atoms with Gasteiger partial charge >= 0.3 is 6.03 Å². The van der Waals surface area contributed by atoms with Crippen molar-refractivity contribution in [1.29, 1.82) is 0 Å². The number of pyridine rings is 1. The molecule has 7 nitrogen and oxygen atoms in total. The molecule has 1 fully saturated rings. The van der Waals surface area contributed by atoms with E-state index in [-0.39, 0.29) is 24.7 Å². The summed E-state index contributed by atoms with van der Waals surface area (Å²) in [5, 5.41) is 6.42. The highest BCUT2D eigenvalue weighted by atomic mass is 16.2. The average Bonchev–Trinajstić information content (AvgIpc) is 3.04. The molecule has 7 heteroatoms. The first-order valence-corrected chi connectivity index (χ1v) is 9.91. The van der Waals surface area contributed by atoms with Gasteiger partial charge < -0.3 is 10.6 Å². The smallest absolute Gasteiger partial charge is 0.324 e. The third kappa shape index (κ3) is 4.30. The van der Waals surface area contributed by atoms with E-state index in [9.17, 15) is 14.4 Å². The van der Waals surface area contributed by atoms with Crippen LogP contribution in [-0.4, -0.2) is 40.3 Å². The van der Waals surface area contributed by atoms with E-state index in [0.29, 0.717) is 18.7 Å². The third-order valence-electron chi connectivity index (χ3n) is 5.15. The quantitative estimate of drug-likeness (QED) is 0.594. The number of carbonyl (C=O) groups excluding carboxylic acids is 3. The first kappa shape index (κ1) is 19.6. The molecule has 2 heterocycles. The monoisotopic (exact) mass is 402 g/mol. The normalized spacial score (nSPS) is 16.0. The lowest BCUT2D eigenvalue weighted by Crippen LogP contribution is -2.33. The van der Waals surface area contributed by atoms with Crippen LogP contribution in [0.15, 0.2) is 66.9 Å². The van der Waals surface area contributed by atoms with Crippen molar-refractivity contribution in [2.45, 2.75) is 25.3 Å². The van der Waals surface area contributed by atoms with Gasteiger partial charge in [0.15, 0.2) is 0 Å². The Morgan fingerprint density at radius 3 is 2.70 bits per heavy atom. The van der Waals surface area contributed by atoms with Gasteiger partial charge in [-0.2, -0.15) is 0 Å². The molecule has 1 aliphatic heterocycles. The highest BCUT2D eigenvalue weighted by Crippen LogP contribution is 2.22. The number of nitrogens with zero attached hydrogens (tertiary/aromatic N) is 2. The van der Waals surface area contributed by atoms with Gasteiger partial charge in [-0.15, -0.1) is 0 Å². The van der Waals surface area contributed by atoms with Crippen molar-refractivity contribution < 1.29 is 14.4 Å². The summed E-state index contributed by atoms with van der Waals surface area (Å²) in [6.07, 6.45) is 2.68. The van der Waals surface area contributed by atoms with E-state index >= 15 is 0 Å². The summed E-state index contributed by atoms with van der Waals surface area (Å²) >= 11 is 0. The Morgan fingerprint density at radius 2 is 1.87 bits per heavy atom. The zero-order valence-corrected chi connectivity index (χ0v) is 16.4. The molecule has 0 radical (unpaired) electrons. The van der Waals surface area contributed by atoms with Crippen LogP contribution in [0.25, 0.3) is 10.9 Å². The van der Waals surface area contributed by atoms with Crippen molar-refractivity contribution in [2.75, 3.05) is 11.9 Å². The fraction of sp³-hybridized carbons (Fsp3) is 0.217. The van der Waals surface area contributed by atoms with Crippen molar-refractivity contribution in [1.82, 2.24) is 15.2 Å². The molecule has 0 spiro atoms. The molecule has 152 valence electrons. The lowest BCUT2D eigenvalue weighted by Gasteiger charge is -2.13. The predicted octanol–water partition coefficient (Wildman–Crippen LogP) is 3.12. The van der Waals surface area contributed by atoms with Gasteiger partial charge in [0.25, 0.3) is 5.91 Å². The Kier molecular flexibility index (Phi) is 5.70. The molecule has 1 saturated heterocycles. The summed E-state index contributed by atoms with van der Waals surface area (Å²) in [5.41, 5.74) is 2.53. The summed E-state index contributed by atoms with van der Waals surface area (Å²) in [6, 6.07) is 17.9. The minimum absolute atomic E-state index is 0.125. The maximum Gasteiger partial charge on any atom is 0.324 e. The Labute approximate surface area is 174 Å². The number of rotatable bonds is 7. The molecule has 2 N–H and O–H groups in total. The van der Waals surface area contributed by atoms with Crippen LogP contribution in [0.5, 0.6) is 0 Å². The molecule has 0 aliphatic carbocycles. The zero-order valence-electron chi connectivity index (χ0n) is 16.4. The van der Waals surface area contributed by atoms with Gasteiger partial charge in [-0.05, 0) is 42.7 Å². The maximum atomic E-state index is 12.6. The van der Waals surface area contributed by atoms with E-state index in [1.807, 2.05) is 60.7 Å². The van der Waals surface area contributed by atoms with Crippen LogP contribution in [0, 0.1) is 0 Å². The number of aromatic nitrogens is 1. The maximum absolute atomic E-state index is 12.6. The Bertz CT molecular complexity index is 1080. The van der Waals surface area contributed by atoms with Gasteiger partial charge in [0, 0.05) is 24.5 Å². The van der Waals surface area contributed by atoms with E-state index in [2.05, 4.69) is 15.6 Å². The van der Waals surface area contributed by atoms with Gasteiger partial charge in [-0.3, -0.25) is 19.5 Å². The average molecular weight is 402 g/mol. The van der Waals surface area contributed by atoms with Crippen LogP contribution >= 0.6 is 0 Å². The van der Waals surface area contributed by atoms with Crippen LogP contribution in [0.3, 0.4) is 0 Å². The number of imide groups is 1. The SMILES string of the molecule is O=C(CC[C@@H]1NC(=O)N(CCc2ccccc2)C1=O)Nc1cccc2ncccc12. The summed E-state index contributed by atoms with van der Waals surface area (Å²) in [5.74, 6) is -0.491. The lowest BCUT2D eigenvalue weighted by atomic mass is 10.1. The first-order chi connectivity index (χ1) is 14.6. The van der Waals surface area contributed by atoms with Crippen molar-refractivity contribution in [3.05, 3.63) is 72.4 Å². The largest absolute Gasteiger partial charge is 0.326 e. The lowest BCUT2D eigenvalue weighted by molar-refractivity contribution is -0.127. The molecule has 0 saturated carbocycles. The third-order valence-corrected chi connectivity index (χ3v) is 5.15. The highest BCUT2D eigenvalue weighted by molar-refractivity contribution is 6.05. The van der Waals surface area contributed by atoms with Crippen LogP contribution in [0.1, 0.15) is 18.4 Å². The van der Waals surface area contributed by atoms with Crippen molar-refractivity contribution in [2.24, 2.45) is 0 Å². The first-order valence-electron chi connectivity index (χ1n) is 9.91. The second kappa shape index (κ2) is 8.73. The van der Waals surface area contributed by atoms with Gasteiger partial charge in [-0.1, -0.05) is 36.4 Å². The van der Waals surface area contributed by atoms with Gasteiger partial charge in [0.05, 0.1) is 11.2 Å². The fourth-order valence-corrected chi connectivity index (χ4v) is 3.57. The molecule has 1 atom stereocenters. The van der Waals surface area contributed by atoms with E-state index in [1.165, 1.54) is 4.90 Å². The Hall–Kier alpha value is -3.74. The molecule has 0 unspecified atom stereocenters. The molecule has 4 rings (SSSR count). The number of nitrogens with one attached hydrogen (secondary N) is 2. The number of fused-ring (bicyclic) bond motifs is 1. The van der Waals surface area contributed by atoms with E-state index < -0.39 is 12.1 Å². The molecule has 4 amide bonds. The number of carbonyl (C=O) groups is 3. The zero-order chi connectivity index (χ0) is 20.9. The predicted molar refractivity (Wildman–Crippen MR) is 114 cm³/mol. The van der Waals surface area contributed by atoms with Crippen LogP contribution < -0.4 is 10.6 Å². The number of benzene rings is 2. The van der Waals surface area contributed by atoms with E-state index in [1.54, 1.807) is 6.20 Å². The number of urea groups is 1. The number of hydrogen-bond acceptors (Lipinski definition) is 4. The molecule has 3 aromatic rings. The Balaban J connectivity index is 1.31. The topological polar surface area (TPSA) is 91.4 Å². The molecule has 1 aliphatic rings. The molecular weight excluding hydrogens is 380 g/mol. The summed E-state index contributed by atoms with van der Waals surface area (Å²) < 4.78 is 0. The molecule has 1 aromatic heterocycles. The minimum atomic E-state index is -0.673. The van der Waals surface area contributed by atoms with Gasteiger partial charge in [0.1, 0.15) is 6.04 Å². The second-order valence-electron chi connectivity index (χ2n) is 7.19. The van der Waals surface area contributed by atoms with Gasteiger partial charge in [-0.25, -0.2) is 4.79 Å². The van der Waals surface area contributed by atoms with Crippen molar-refractivity contribution in [3.63, 3.8) is 0 Å². The Morgan fingerprint density at radius 1 is 1.03 bits per heavy atom. The van der Waals surface area contributed by atoms with Crippen molar-refractivity contribution >= 4 is 34.4 Å². The standard InChI is InChI=1S/C23H22N4O3/c28-21(25-19-10-4-9-18-17(19)8-5-14-24-18)12-11-20-22(29)27(23(30)26-20)15-13-16-6-2-1-3-7-16/h1-10,14,20H,11-13,15H2,(H,25,28)(H,26,30)/t20-/m0/s1.